The number of carbonyl (C=O) groups is 1. The third kappa shape index (κ3) is 3.64. The topological polar surface area (TPSA) is 72.1 Å². The van der Waals surface area contributed by atoms with E-state index < -0.39 is 0 Å². The summed E-state index contributed by atoms with van der Waals surface area (Å²) < 4.78 is 3.71. The number of amides is 1. The Kier molecular flexibility index (Phi) is 5.26. The van der Waals surface area contributed by atoms with Gasteiger partial charge in [0.1, 0.15) is 11.4 Å². The number of aromatic nitrogens is 3. The molecule has 2 rings (SSSR count). The number of aliphatic hydroxyl groups is 1. The van der Waals surface area contributed by atoms with Crippen molar-refractivity contribution in [3.63, 3.8) is 0 Å². The van der Waals surface area contributed by atoms with E-state index in [1.807, 2.05) is 37.6 Å². The minimum Gasteiger partial charge on any atom is -0.394 e. The number of hydrogen-bond donors (Lipinski definition) is 2. The first-order chi connectivity index (χ1) is 10.8. The maximum absolute atomic E-state index is 12.7. The summed E-state index contributed by atoms with van der Waals surface area (Å²) in [6.07, 6.45) is 2.31. The van der Waals surface area contributed by atoms with Crippen LogP contribution < -0.4 is 5.32 Å². The molecule has 0 aromatic carbocycles. The summed E-state index contributed by atoms with van der Waals surface area (Å²) in [5.74, 6) is 0.929. The van der Waals surface area contributed by atoms with E-state index in [4.69, 9.17) is 0 Å². The molecule has 6 nitrogen and oxygen atoms in total. The standard InChI is InChI=1S/C17H26N4O2/c1-11(2)8-14(10-22)19-16(23)15-9-18-20(5)17(15)21-12(3)6-7-13(21)4/h6-7,9,11,14,22H,8,10H2,1-5H3,(H,19,23). The van der Waals surface area contributed by atoms with Crippen molar-refractivity contribution < 1.29 is 9.90 Å². The lowest BCUT2D eigenvalue weighted by Crippen LogP contribution is -2.38. The normalized spacial score (nSPS) is 12.7. The van der Waals surface area contributed by atoms with Gasteiger partial charge in [-0.2, -0.15) is 5.10 Å². The number of rotatable bonds is 6. The molecule has 0 fully saturated rings. The zero-order valence-electron chi connectivity index (χ0n) is 14.5. The predicted octanol–water partition coefficient (Wildman–Crippen LogP) is 1.96. The van der Waals surface area contributed by atoms with Crippen LogP contribution in [0.4, 0.5) is 0 Å². The van der Waals surface area contributed by atoms with Crippen molar-refractivity contribution >= 4 is 5.91 Å². The molecular formula is C17H26N4O2. The van der Waals surface area contributed by atoms with Crippen molar-refractivity contribution in [3.05, 3.63) is 35.3 Å². The minimum absolute atomic E-state index is 0.0684. The third-order valence-electron chi connectivity index (χ3n) is 3.95. The Hall–Kier alpha value is -2.08. The molecule has 2 heterocycles. The van der Waals surface area contributed by atoms with Crippen LogP contribution in [-0.4, -0.2) is 38.0 Å². The molecule has 23 heavy (non-hydrogen) atoms. The van der Waals surface area contributed by atoms with E-state index in [0.29, 0.717) is 11.5 Å². The Labute approximate surface area is 137 Å². The molecule has 2 aromatic heterocycles. The molecule has 0 saturated heterocycles. The average molecular weight is 318 g/mol. The average Bonchev–Trinajstić information content (AvgIpc) is 3.00. The maximum Gasteiger partial charge on any atom is 0.256 e. The number of aryl methyl sites for hydroxylation is 3. The van der Waals surface area contributed by atoms with Crippen molar-refractivity contribution in [1.29, 1.82) is 0 Å². The second kappa shape index (κ2) is 7.00. The Morgan fingerprint density at radius 3 is 2.43 bits per heavy atom. The van der Waals surface area contributed by atoms with E-state index in [1.165, 1.54) is 0 Å². The fraction of sp³-hybridized carbons (Fsp3) is 0.529. The van der Waals surface area contributed by atoms with Crippen LogP contribution in [0.5, 0.6) is 0 Å². The molecule has 126 valence electrons. The first-order valence-electron chi connectivity index (χ1n) is 7.94. The van der Waals surface area contributed by atoms with Crippen molar-refractivity contribution in [2.45, 2.75) is 40.2 Å². The van der Waals surface area contributed by atoms with Crippen LogP contribution in [0.15, 0.2) is 18.3 Å². The molecule has 0 aliphatic carbocycles. The Bertz CT molecular complexity index is 665. The van der Waals surface area contributed by atoms with E-state index >= 15 is 0 Å². The maximum atomic E-state index is 12.7. The first-order valence-corrected chi connectivity index (χ1v) is 7.94. The van der Waals surface area contributed by atoms with Gasteiger partial charge in [0.2, 0.25) is 0 Å². The molecule has 0 aliphatic rings. The van der Waals surface area contributed by atoms with Crippen LogP contribution in [0.3, 0.4) is 0 Å². The molecule has 0 saturated carbocycles. The minimum atomic E-state index is -0.248. The van der Waals surface area contributed by atoms with Crippen LogP contribution >= 0.6 is 0 Å². The van der Waals surface area contributed by atoms with Crippen molar-refractivity contribution in [1.82, 2.24) is 19.7 Å². The number of nitrogens with zero attached hydrogens (tertiary/aromatic N) is 3. The van der Waals surface area contributed by atoms with Gasteiger partial charge in [0.05, 0.1) is 18.8 Å². The summed E-state index contributed by atoms with van der Waals surface area (Å²) in [5, 5.41) is 16.6. The van der Waals surface area contributed by atoms with Gasteiger partial charge >= 0.3 is 0 Å². The van der Waals surface area contributed by atoms with E-state index in [9.17, 15) is 9.90 Å². The highest BCUT2D eigenvalue weighted by molar-refractivity contribution is 5.97. The molecule has 2 N–H and O–H groups in total. The SMILES string of the molecule is Cc1ccc(C)n1-c1c(C(=O)NC(CO)CC(C)C)cnn1C. The number of nitrogens with one attached hydrogen (secondary N) is 1. The van der Waals surface area contributed by atoms with Crippen LogP contribution in [0.25, 0.3) is 5.82 Å². The van der Waals surface area contributed by atoms with E-state index in [2.05, 4.69) is 24.3 Å². The third-order valence-corrected chi connectivity index (χ3v) is 3.95. The summed E-state index contributed by atoms with van der Waals surface area (Å²) in [6, 6.07) is 3.78. The monoisotopic (exact) mass is 318 g/mol. The van der Waals surface area contributed by atoms with Gasteiger partial charge in [-0.25, -0.2) is 0 Å². The predicted molar refractivity (Wildman–Crippen MR) is 89.8 cm³/mol. The van der Waals surface area contributed by atoms with Crippen molar-refractivity contribution in [3.8, 4) is 5.82 Å². The van der Waals surface area contributed by atoms with Crippen molar-refractivity contribution in [2.24, 2.45) is 13.0 Å². The van der Waals surface area contributed by atoms with Crippen molar-refractivity contribution in [2.75, 3.05) is 6.61 Å². The number of hydrogen-bond acceptors (Lipinski definition) is 3. The van der Waals surface area contributed by atoms with Gasteiger partial charge < -0.3 is 15.0 Å². The highest BCUT2D eigenvalue weighted by atomic mass is 16.3. The number of carbonyl (C=O) groups excluding carboxylic acids is 1. The van der Waals surface area contributed by atoms with Crippen LogP contribution in [0.2, 0.25) is 0 Å². The molecule has 0 spiro atoms. The quantitative estimate of drug-likeness (QED) is 0.855. The molecular weight excluding hydrogens is 292 g/mol. The molecule has 6 heteroatoms. The molecule has 1 amide bonds. The fourth-order valence-corrected chi connectivity index (χ4v) is 2.87. The largest absolute Gasteiger partial charge is 0.394 e. The zero-order valence-corrected chi connectivity index (χ0v) is 14.5. The Balaban J connectivity index is 2.33. The number of aliphatic hydroxyl groups excluding tert-OH is 1. The van der Waals surface area contributed by atoms with Gasteiger partial charge in [-0.3, -0.25) is 9.48 Å². The molecule has 0 bridgehead atoms. The summed E-state index contributed by atoms with van der Waals surface area (Å²) in [6.45, 7) is 8.06. The molecule has 1 atom stereocenters. The lowest BCUT2D eigenvalue weighted by Gasteiger charge is -2.19. The molecule has 2 aromatic rings. The summed E-state index contributed by atoms with van der Waals surface area (Å²) >= 11 is 0. The van der Waals surface area contributed by atoms with Gasteiger partial charge in [0.25, 0.3) is 5.91 Å². The first kappa shape index (κ1) is 17.3. The smallest absolute Gasteiger partial charge is 0.256 e. The van der Waals surface area contributed by atoms with Gasteiger partial charge in [-0.05, 0) is 38.3 Å². The molecule has 0 radical (unpaired) electrons. The van der Waals surface area contributed by atoms with Gasteiger partial charge in [-0.1, -0.05) is 13.8 Å². The molecule has 1 unspecified atom stereocenters. The van der Waals surface area contributed by atoms with Crippen LogP contribution in [0, 0.1) is 19.8 Å². The van der Waals surface area contributed by atoms with E-state index in [-0.39, 0.29) is 18.6 Å². The van der Waals surface area contributed by atoms with Crippen LogP contribution in [-0.2, 0) is 7.05 Å². The van der Waals surface area contributed by atoms with Gasteiger partial charge in [0.15, 0.2) is 0 Å². The lowest BCUT2D eigenvalue weighted by molar-refractivity contribution is 0.0908. The highest BCUT2D eigenvalue weighted by Crippen LogP contribution is 2.20. The van der Waals surface area contributed by atoms with Gasteiger partial charge in [0, 0.05) is 18.4 Å². The highest BCUT2D eigenvalue weighted by Gasteiger charge is 2.22. The zero-order chi connectivity index (χ0) is 17.1. The second-order valence-corrected chi connectivity index (χ2v) is 6.44. The van der Waals surface area contributed by atoms with E-state index in [1.54, 1.807) is 10.9 Å². The molecule has 0 aliphatic heterocycles. The Morgan fingerprint density at radius 1 is 1.30 bits per heavy atom. The second-order valence-electron chi connectivity index (χ2n) is 6.44. The summed E-state index contributed by atoms with van der Waals surface area (Å²) in [7, 11) is 1.82. The van der Waals surface area contributed by atoms with Crippen LogP contribution in [0.1, 0.15) is 42.0 Å². The summed E-state index contributed by atoms with van der Waals surface area (Å²) in [5.41, 5.74) is 2.60. The Morgan fingerprint density at radius 2 is 1.91 bits per heavy atom. The lowest BCUT2D eigenvalue weighted by atomic mass is 10.0. The van der Waals surface area contributed by atoms with Gasteiger partial charge in [-0.15, -0.1) is 0 Å². The van der Waals surface area contributed by atoms with E-state index in [0.717, 1.165) is 23.6 Å². The fourth-order valence-electron chi connectivity index (χ4n) is 2.87. The summed E-state index contributed by atoms with van der Waals surface area (Å²) in [4.78, 5) is 12.7.